The van der Waals surface area contributed by atoms with Gasteiger partial charge in [-0.25, -0.2) is 13.1 Å². The molecule has 3 heterocycles. The third-order valence-corrected chi connectivity index (χ3v) is 7.66. The highest BCUT2D eigenvalue weighted by molar-refractivity contribution is 7.93. The molecule has 0 radical (unpaired) electrons. The quantitative estimate of drug-likeness (QED) is 0.542. The van der Waals surface area contributed by atoms with E-state index in [2.05, 4.69) is 21.3 Å². The molecule has 2 aromatic heterocycles. The van der Waals surface area contributed by atoms with Gasteiger partial charge in [0, 0.05) is 5.56 Å². The van der Waals surface area contributed by atoms with Crippen LogP contribution in [0.3, 0.4) is 0 Å². The molecule has 166 valence electrons. The Balaban J connectivity index is 1.68. The predicted molar refractivity (Wildman–Crippen MR) is 116 cm³/mol. The van der Waals surface area contributed by atoms with Crippen LogP contribution in [0, 0.1) is 32.1 Å². The number of ether oxygens (including phenoxy) is 2. The molecule has 4 rings (SSSR count). The third kappa shape index (κ3) is 3.54. The van der Waals surface area contributed by atoms with E-state index in [1.54, 1.807) is 20.8 Å². The predicted octanol–water partition coefficient (Wildman–Crippen LogP) is 3.97. The van der Waals surface area contributed by atoms with Crippen molar-refractivity contribution in [2.24, 2.45) is 0 Å². The normalized spacial score (nSPS) is 12.5. The highest BCUT2D eigenvalue weighted by Gasteiger charge is 2.30. The number of thiophene rings is 1. The molecule has 0 fully saturated rings. The van der Waals surface area contributed by atoms with Gasteiger partial charge in [0.1, 0.15) is 32.1 Å². The monoisotopic (exact) mass is 494 g/mol. The van der Waals surface area contributed by atoms with Gasteiger partial charge < -0.3 is 19.3 Å². The van der Waals surface area contributed by atoms with E-state index in [0.29, 0.717) is 34.0 Å². The standard InChI is InChI=1S/C19H15ClN4O6S2/c1-8-11(6-21)16-15(28-7-29-16)9(2)14(8)22-18(25)17-12(4-5-31-17)32(26,27)24-19-13(20)10(3)23-30-19/h4-5,24H,7H2,1-3H3,(H,22,25). The lowest BCUT2D eigenvalue weighted by molar-refractivity contribution is 0.102. The molecule has 0 unspecified atom stereocenters. The van der Waals surface area contributed by atoms with Gasteiger partial charge in [-0.05, 0) is 37.8 Å². The zero-order valence-corrected chi connectivity index (χ0v) is 19.3. The molecule has 13 heteroatoms. The first kappa shape index (κ1) is 21.9. The van der Waals surface area contributed by atoms with Crippen molar-refractivity contribution in [1.82, 2.24) is 5.16 Å². The van der Waals surface area contributed by atoms with Gasteiger partial charge in [0.05, 0.1) is 5.69 Å². The van der Waals surface area contributed by atoms with Gasteiger partial charge in [0.2, 0.25) is 6.79 Å². The summed E-state index contributed by atoms with van der Waals surface area (Å²) in [5, 5.41) is 17.3. The first-order valence-electron chi connectivity index (χ1n) is 9.02. The van der Waals surface area contributed by atoms with Crippen molar-refractivity contribution in [2.45, 2.75) is 25.7 Å². The van der Waals surface area contributed by atoms with Gasteiger partial charge in [0.25, 0.3) is 21.8 Å². The van der Waals surface area contributed by atoms with Crippen LogP contribution in [0.4, 0.5) is 11.6 Å². The molecular formula is C19H15ClN4O6S2. The van der Waals surface area contributed by atoms with Crippen LogP contribution >= 0.6 is 22.9 Å². The van der Waals surface area contributed by atoms with E-state index in [-0.39, 0.29) is 33.0 Å². The number of aryl methyl sites for hydroxylation is 1. The number of halogens is 1. The lowest BCUT2D eigenvalue weighted by Gasteiger charge is -2.15. The fourth-order valence-electron chi connectivity index (χ4n) is 3.20. The zero-order valence-electron chi connectivity index (χ0n) is 16.9. The van der Waals surface area contributed by atoms with Gasteiger partial charge in [-0.2, -0.15) is 5.26 Å². The highest BCUT2D eigenvalue weighted by Crippen LogP contribution is 2.45. The summed E-state index contributed by atoms with van der Waals surface area (Å²) < 4.78 is 43.7. The number of carbonyl (C=O) groups is 1. The Morgan fingerprint density at radius 3 is 2.62 bits per heavy atom. The minimum atomic E-state index is -4.21. The number of nitriles is 1. The molecule has 1 amide bonds. The van der Waals surface area contributed by atoms with Crippen LogP contribution in [0.2, 0.25) is 5.02 Å². The summed E-state index contributed by atoms with van der Waals surface area (Å²) in [6.45, 7) is 4.88. The third-order valence-electron chi connectivity index (χ3n) is 4.80. The number of carbonyl (C=O) groups excluding carboxylic acids is 1. The summed E-state index contributed by atoms with van der Waals surface area (Å²) in [4.78, 5) is 12.7. The molecule has 1 aromatic carbocycles. The van der Waals surface area contributed by atoms with Crippen molar-refractivity contribution < 1.29 is 27.2 Å². The van der Waals surface area contributed by atoms with Crippen molar-refractivity contribution in [1.29, 1.82) is 5.26 Å². The first-order valence-corrected chi connectivity index (χ1v) is 11.8. The lowest BCUT2D eigenvalue weighted by atomic mass is 10.0. The van der Waals surface area contributed by atoms with Crippen LogP contribution in [0.1, 0.15) is 32.1 Å². The van der Waals surface area contributed by atoms with Crippen molar-refractivity contribution in [2.75, 3.05) is 16.8 Å². The maximum atomic E-state index is 13.1. The number of hydrogen-bond acceptors (Lipinski definition) is 9. The van der Waals surface area contributed by atoms with Crippen molar-refractivity contribution in [3.8, 4) is 17.6 Å². The molecule has 0 aliphatic carbocycles. The van der Waals surface area contributed by atoms with Gasteiger partial charge >= 0.3 is 0 Å². The Hall–Kier alpha value is -3.27. The van der Waals surface area contributed by atoms with Crippen LogP contribution in [0.15, 0.2) is 20.9 Å². The second kappa shape index (κ2) is 8.01. The first-order chi connectivity index (χ1) is 15.2. The largest absolute Gasteiger partial charge is 0.453 e. The number of hydrogen-bond donors (Lipinski definition) is 2. The second-order valence-electron chi connectivity index (χ2n) is 6.76. The molecule has 0 saturated carbocycles. The second-order valence-corrected chi connectivity index (χ2v) is 9.71. The van der Waals surface area contributed by atoms with Crippen molar-refractivity contribution in [3.05, 3.63) is 43.7 Å². The molecule has 0 atom stereocenters. The van der Waals surface area contributed by atoms with E-state index in [4.69, 9.17) is 25.6 Å². The number of sulfonamides is 1. The van der Waals surface area contributed by atoms with E-state index in [0.717, 1.165) is 11.3 Å². The van der Waals surface area contributed by atoms with Crippen LogP contribution in [-0.2, 0) is 10.0 Å². The van der Waals surface area contributed by atoms with E-state index in [1.807, 2.05) is 0 Å². The summed E-state index contributed by atoms with van der Waals surface area (Å²) in [5.41, 5.74) is 1.93. The van der Waals surface area contributed by atoms with Crippen molar-refractivity contribution in [3.63, 3.8) is 0 Å². The molecule has 1 aliphatic heterocycles. The van der Waals surface area contributed by atoms with Crippen LogP contribution in [0.25, 0.3) is 0 Å². The summed E-state index contributed by atoms with van der Waals surface area (Å²) in [5.74, 6) is -0.237. The summed E-state index contributed by atoms with van der Waals surface area (Å²) >= 11 is 6.93. The molecule has 32 heavy (non-hydrogen) atoms. The molecule has 2 N–H and O–H groups in total. The minimum absolute atomic E-state index is 0.0189. The Bertz CT molecular complexity index is 1400. The fourth-order valence-corrected chi connectivity index (χ4v) is 5.69. The Kier molecular flexibility index (Phi) is 5.49. The van der Waals surface area contributed by atoms with E-state index >= 15 is 0 Å². The molecule has 0 spiro atoms. The number of nitrogens with zero attached hydrogens (tertiary/aromatic N) is 2. The topological polar surface area (TPSA) is 144 Å². The number of rotatable bonds is 5. The van der Waals surface area contributed by atoms with E-state index in [1.165, 1.54) is 11.4 Å². The number of fused-ring (bicyclic) bond motifs is 1. The Morgan fingerprint density at radius 1 is 1.25 bits per heavy atom. The zero-order chi connectivity index (χ0) is 23.2. The fraction of sp³-hybridized carbons (Fsp3) is 0.211. The van der Waals surface area contributed by atoms with Crippen LogP contribution < -0.4 is 19.5 Å². The van der Waals surface area contributed by atoms with Gasteiger partial charge in [-0.3, -0.25) is 4.79 Å². The van der Waals surface area contributed by atoms with E-state index < -0.39 is 15.9 Å². The average molecular weight is 495 g/mol. The summed E-state index contributed by atoms with van der Waals surface area (Å²) in [7, 11) is -4.21. The van der Waals surface area contributed by atoms with Crippen molar-refractivity contribution >= 4 is 50.4 Å². The maximum absolute atomic E-state index is 13.1. The lowest BCUT2D eigenvalue weighted by Crippen LogP contribution is -2.19. The summed E-state index contributed by atoms with van der Waals surface area (Å²) in [6, 6.07) is 3.34. The maximum Gasteiger partial charge on any atom is 0.267 e. The average Bonchev–Trinajstić information content (AvgIpc) is 3.49. The van der Waals surface area contributed by atoms with Gasteiger partial charge in [-0.15, -0.1) is 11.3 Å². The molecule has 0 saturated heterocycles. The summed E-state index contributed by atoms with van der Waals surface area (Å²) in [6.07, 6.45) is 0. The smallest absolute Gasteiger partial charge is 0.267 e. The minimum Gasteiger partial charge on any atom is -0.453 e. The van der Waals surface area contributed by atoms with Crippen LogP contribution in [-0.4, -0.2) is 26.3 Å². The Morgan fingerprint density at radius 2 is 1.97 bits per heavy atom. The number of nitrogens with one attached hydrogen (secondary N) is 2. The number of aromatic nitrogens is 1. The van der Waals surface area contributed by atoms with E-state index in [9.17, 15) is 18.5 Å². The Labute approximate surface area is 191 Å². The highest BCUT2D eigenvalue weighted by atomic mass is 35.5. The van der Waals surface area contributed by atoms with Gasteiger partial charge in [0.15, 0.2) is 11.5 Å². The molecule has 10 nitrogen and oxygen atoms in total. The number of amides is 1. The number of anilines is 2. The molecule has 3 aromatic rings. The molecular weight excluding hydrogens is 480 g/mol. The molecule has 0 bridgehead atoms. The SMILES string of the molecule is Cc1noc(NS(=O)(=O)c2ccsc2C(=O)Nc2c(C)c(C#N)c3c(c2C)OCO3)c1Cl. The van der Waals surface area contributed by atoms with Crippen LogP contribution in [0.5, 0.6) is 11.5 Å². The molecule has 1 aliphatic rings. The van der Waals surface area contributed by atoms with Gasteiger partial charge in [-0.1, -0.05) is 16.8 Å². The number of benzene rings is 1.